The van der Waals surface area contributed by atoms with Gasteiger partial charge in [-0.1, -0.05) is 20.8 Å². The van der Waals surface area contributed by atoms with E-state index in [1.54, 1.807) is 0 Å². The number of likely N-dealkylation sites (N-methyl/N-ethyl adjacent to an activating group) is 1. The first-order valence-electron chi connectivity index (χ1n) is 7.36. The molecule has 6 heteroatoms. The van der Waals surface area contributed by atoms with Gasteiger partial charge in [-0.05, 0) is 32.2 Å². The van der Waals surface area contributed by atoms with Gasteiger partial charge in [0.1, 0.15) is 0 Å². The molecular formula is C14H31Cl2N3O. The average molecular weight is 328 g/mol. The van der Waals surface area contributed by atoms with Gasteiger partial charge in [0, 0.05) is 25.7 Å². The van der Waals surface area contributed by atoms with Gasteiger partial charge in [-0.25, -0.2) is 0 Å². The van der Waals surface area contributed by atoms with Gasteiger partial charge in [-0.2, -0.15) is 0 Å². The molecule has 3 N–H and O–H groups in total. The Morgan fingerprint density at radius 1 is 1.25 bits per heavy atom. The van der Waals surface area contributed by atoms with Crippen molar-refractivity contribution in [3.8, 4) is 0 Å². The van der Waals surface area contributed by atoms with E-state index in [0.717, 1.165) is 38.5 Å². The van der Waals surface area contributed by atoms with Crippen molar-refractivity contribution in [3.05, 3.63) is 0 Å². The van der Waals surface area contributed by atoms with Crippen LogP contribution >= 0.6 is 24.8 Å². The Bertz CT molecular complexity index is 261. The zero-order valence-electron chi connectivity index (χ0n) is 13.0. The van der Waals surface area contributed by atoms with E-state index in [2.05, 4.69) is 17.1 Å². The molecule has 0 saturated heterocycles. The number of nitrogens with one attached hydrogen (secondary N) is 1. The van der Waals surface area contributed by atoms with Crippen molar-refractivity contribution in [1.29, 1.82) is 0 Å². The van der Waals surface area contributed by atoms with Gasteiger partial charge in [-0.15, -0.1) is 24.8 Å². The molecule has 1 amide bonds. The summed E-state index contributed by atoms with van der Waals surface area (Å²) in [5.74, 6) is 0.127. The standard InChI is InChI=1S/C14H29N3O.2ClH/c1-4-14(5-2,11-15)13(18)16-9-10-17(6-3)12-7-8-12;;/h12H,4-11,15H2,1-3H3,(H,16,18);2*1H. The number of nitrogens with zero attached hydrogens (tertiary/aromatic N) is 1. The molecule has 0 radical (unpaired) electrons. The topological polar surface area (TPSA) is 58.4 Å². The largest absolute Gasteiger partial charge is 0.354 e. The van der Waals surface area contributed by atoms with Crippen LogP contribution in [0.25, 0.3) is 0 Å². The van der Waals surface area contributed by atoms with Gasteiger partial charge in [0.05, 0.1) is 5.41 Å². The van der Waals surface area contributed by atoms with Crippen LogP contribution in [-0.2, 0) is 4.79 Å². The molecule has 1 aliphatic carbocycles. The lowest BCUT2D eigenvalue weighted by Crippen LogP contribution is -2.47. The molecule has 1 fully saturated rings. The summed E-state index contributed by atoms with van der Waals surface area (Å²) in [6.07, 6.45) is 4.26. The monoisotopic (exact) mass is 327 g/mol. The second-order valence-electron chi connectivity index (χ2n) is 5.31. The number of halogens is 2. The number of hydrogen-bond donors (Lipinski definition) is 2. The van der Waals surface area contributed by atoms with Crippen LogP contribution in [0.1, 0.15) is 46.5 Å². The summed E-state index contributed by atoms with van der Waals surface area (Å²) in [6.45, 7) is 9.47. The van der Waals surface area contributed by atoms with Gasteiger partial charge < -0.3 is 11.1 Å². The van der Waals surface area contributed by atoms with Crippen molar-refractivity contribution >= 4 is 30.7 Å². The van der Waals surface area contributed by atoms with E-state index in [-0.39, 0.29) is 36.1 Å². The second kappa shape index (κ2) is 10.7. The predicted molar refractivity (Wildman–Crippen MR) is 89.8 cm³/mol. The number of amides is 1. The minimum atomic E-state index is -0.364. The van der Waals surface area contributed by atoms with E-state index in [1.165, 1.54) is 12.8 Å². The smallest absolute Gasteiger partial charge is 0.227 e. The lowest BCUT2D eigenvalue weighted by molar-refractivity contribution is -0.131. The highest BCUT2D eigenvalue weighted by Gasteiger charge is 2.33. The Balaban J connectivity index is 0. The lowest BCUT2D eigenvalue weighted by atomic mass is 9.81. The van der Waals surface area contributed by atoms with E-state index in [4.69, 9.17) is 5.73 Å². The SMILES string of the molecule is CCN(CCNC(=O)C(CC)(CC)CN)C1CC1.Cl.Cl. The number of carbonyl (C=O) groups is 1. The fourth-order valence-electron chi connectivity index (χ4n) is 2.49. The number of carbonyl (C=O) groups excluding carboxylic acids is 1. The molecule has 1 aliphatic rings. The maximum atomic E-state index is 12.2. The second-order valence-corrected chi connectivity index (χ2v) is 5.31. The van der Waals surface area contributed by atoms with Crippen LogP contribution in [0.4, 0.5) is 0 Å². The molecule has 0 atom stereocenters. The van der Waals surface area contributed by atoms with Crippen LogP contribution in [0, 0.1) is 5.41 Å². The minimum absolute atomic E-state index is 0. The Morgan fingerprint density at radius 2 is 1.80 bits per heavy atom. The van der Waals surface area contributed by atoms with Crippen molar-refractivity contribution < 1.29 is 4.79 Å². The average Bonchev–Trinajstić information content (AvgIpc) is 3.22. The van der Waals surface area contributed by atoms with Crippen LogP contribution in [0.15, 0.2) is 0 Å². The van der Waals surface area contributed by atoms with E-state index in [0.29, 0.717) is 6.54 Å². The highest BCUT2D eigenvalue weighted by Crippen LogP contribution is 2.26. The summed E-state index contributed by atoms with van der Waals surface area (Å²) in [4.78, 5) is 14.7. The summed E-state index contributed by atoms with van der Waals surface area (Å²) in [6, 6.07) is 0.767. The van der Waals surface area contributed by atoms with Gasteiger partial charge in [0.15, 0.2) is 0 Å². The Morgan fingerprint density at radius 3 is 2.15 bits per heavy atom. The highest BCUT2D eigenvalue weighted by atomic mass is 35.5. The quantitative estimate of drug-likeness (QED) is 0.682. The normalized spacial score (nSPS) is 14.4. The van der Waals surface area contributed by atoms with E-state index in [1.807, 2.05) is 13.8 Å². The molecule has 0 bridgehead atoms. The first-order valence-corrected chi connectivity index (χ1v) is 7.36. The molecule has 0 unspecified atom stereocenters. The summed E-state index contributed by atoms with van der Waals surface area (Å²) < 4.78 is 0. The van der Waals surface area contributed by atoms with Crippen molar-refractivity contribution in [2.75, 3.05) is 26.2 Å². The number of nitrogens with two attached hydrogens (primary N) is 1. The van der Waals surface area contributed by atoms with Crippen LogP contribution in [0.3, 0.4) is 0 Å². The Labute approximate surface area is 136 Å². The Kier molecular flexibility index (Phi) is 11.9. The first-order chi connectivity index (χ1) is 8.63. The Hall–Kier alpha value is -0.0300. The maximum absolute atomic E-state index is 12.2. The first kappa shape index (κ1) is 22.3. The van der Waals surface area contributed by atoms with Crippen molar-refractivity contribution in [2.45, 2.75) is 52.5 Å². The molecule has 0 aromatic carbocycles. The van der Waals surface area contributed by atoms with Gasteiger partial charge in [0.2, 0.25) is 5.91 Å². The van der Waals surface area contributed by atoms with Crippen molar-refractivity contribution in [3.63, 3.8) is 0 Å². The summed E-state index contributed by atoms with van der Waals surface area (Å²) >= 11 is 0. The summed E-state index contributed by atoms with van der Waals surface area (Å²) in [5.41, 5.74) is 5.41. The van der Waals surface area contributed by atoms with E-state index in [9.17, 15) is 4.79 Å². The van der Waals surface area contributed by atoms with Crippen LogP contribution in [-0.4, -0.2) is 43.0 Å². The van der Waals surface area contributed by atoms with Crippen LogP contribution in [0.5, 0.6) is 0 Å². The van der Waals surface area contributed by atoms with E-state index < -0.39 is 0 Å². The molecule has 4 nitrogen and oxygen atoms in total. The van der Waals surface area contributed by atoms with Gasteiger partial charge in [0.25, 0.3) is 0 Å². The number of rotatable bonds is 9. The molecule has 0 aromatic rings. The third kappa shape index (κ3) is 5.76. The minimum Gasteiger partial charge on any atom is -0.354 e. The molecule has 20 heavy (non-hydrogen) atoms. The molecule has 0 aromatic heterocycles. The summed E-state index contributed by atoms with van der Waals surface area (Å²) in [5, 5.41) is 3.06. The molecule has 0 spiro atoms. The molecule has 0 heterocycles. The van der Waals surface area contributed by atoms with Crippen LogP contribution < -0.4 is 11.1 Å². The fraction of sp³-hybridized carbons (Fsp3) is 0.929. The van der Waals surface area contributed by atoms with Gasteiger partial charge in [-0.3, -0.25) is 9.69 Å². The van der Waals surface area contributed by atoms with Crippen molar-refractivity contribution in [1.82, 2.24) is 10.2 Å². The fourth-order valence-corrected chi connectivity index (χ4v) is 2.49. The predicted octanol–water partition coefficient (Wildman–Crippen LogP) is 2.20. The maximum Gasteiger partial charge on any atom is 0.227 e. The zero-order valence-corrected chi connectivity index (χ0v) is 14.6. The van der Waals surface area contributed by atoms with Gasteiger partial charge >= 0.3 is 0 Å². The van der Waals surface area contributed by atoms with E-state index >= 15 is 0 Å². The molecule has 122 valence electrons. The third-order valence-electron chi connectivity index (χ3n) is 4.38. The molecule has 1 rings (SSSR count). The molecule has 1 saturated carbocycles. The molecule has 0 aliphatic heterocycles. The van der Waals surface area contributed by atoms with Crippen LogP contribution in [0.2, 0.25) is 0 Å². The van der Waals surface area contributed by atoms with Crippen molar-refractivity contribution in [2.24, 2.45) is 11.1 Å². The zero-order chi connectivity index (χ0) is 13.6. The molecular weight excluding hydrogens is 297 g/mol. The number of hydrogen-bond acceptors (Lipinski definition) is 3. The highest BCUT2D eigenvalue weighted by molar-refractivity contribution is 5.85. The third-order valence-corrected chi connectivity index (χ3v) is 4.38. The lowest BCUT2D eigenvalue weighted by Gasteiger charge is -2.29. The summed E-state index contributed by atoms with van der Waals surface area (Å²) in [7, 11) is 0.